The Labute approximate surface area is 141 Å². The van der Waals surface area contributed by atoms with Gasteiger partial charge >= 0.3 is 0 Å². The van der Waals surface area contributed by atoms with Crippen LogP contribution in [0.3, 0.4) is 0 Å². The van der Waals surface area contributed by atoms with Crippen LogP contribution < -0.4 is 30.6 Å². The molecule has 2 amide bonds. The smallest absolute Gasteiger partial charge is 0.239 e. The first-order valence-electron chi connectivity index (χ1n) is 6.58. The van der Waals surface area contributed by atoms with Crippen LogP contribution in [-0.2, 0) is 16.1 Å². The topological polar surface area (TPSA) is 112 Å². The average Bonchev–Trinajstić information content (AvgIpc) is 2.56. The fraction of sp³-hybridized carbons (Fsp3) is 0.429. The SMILES string of the molecule is COc1cc(OC)c(OC)cc1CNC(=O)CNC(=O)CN.Cl. The van der Waals surface area contributed by atoms with Crippen LogP contribution in [0.2, 0.25) is 0 Å². The van der Waals surface area contributed by atoms with Gasteiger partial charge in [0.15, 0.2) is 11.5 Å². The normalized spacial score (nSPS) is 9.39. The van der Waals surface area contributed by atoms with Gasteiger partial charge in [0.2, 0.25) is 11.8 Å². The molecule has 0 bridgehead atoms. The zero-order chi connectivity index (χ0) is 16.5. The molecular formula is C14H22ClN3O5. The Morgan fingerprint density at radius 1 is 0.957 bits per heavy atom. The molecule has 0 aromatic heterocycles. The average molecular weight is 348 g/mol. The minimum absolute atomic E-state index is 0. The molecule has 0 aliphatic heterocycles. The lowest BCUT2D eigenvalue weighted by Gasteiger charge is -2.14. The lowest BCUT2D eigenvalue weighted by molar-refractivity contribution is -0.125. The number of ether oxygens (including phenoxy) is 3. The van der Waals surface area contributed by atoms with Crippen LogP contribution >= 0.6 is 12.4 Å². The van der Waals surface area contributed by atoms with E-state index >= 15 is 0 Å². The van der Waals surface area contributed by atoms with Gasteiger partial charge in [-0.2, -0.15) is 0 Å². The minimum atomic E-state index is -0.390. The first-order valence-corrected chi connectivity index (χ1v) is 6.58. The Hall–Kier alpha value is -2.19. The summed E-state index contributed by atoms with van der Waals surface area (Å²) in [5.74, 6) is 0.898. The Morgan fingerprint density at radius 2 is 1.52 bits per heavy atom. The standard InChI is InChI=1S/C14H21N3O5.ClH/c1-20-10-5-12(22-3)11(21-2)4-9(10)7-16-14(19)8-17-13(18)6-15;/h4-5H,6-8,15H2,1-3H3,(H,16,19)(H,17,18);1H. The number of nitrogens with two attached hydrogens (primary N) is 1. The van der Waals surface area contributed by atoms with Crippen LogP contribution in [0.25, 0.3) is 0 Å². The number of hydrogen-bond acceptors (Lipinski definition) is 6. The van der Waals surface area contributed by atoms with E-state index in [4.69, 9.17) is 19.9 Å². The molecule has 130 valence electrons. The van der Waals surface area contributed by atoms with Crippen molar-refractivity contribution < 1.29 is 23.8 Å². The van der Waals surface area contributed by atoms with Gasteiger partial charge in [-0.15, -0.1) is 12.4 Å². The third-order valence-corrected chi connectivity index (χ3v) is 2.89. The molecule has 4 N–H and O–H groups in total. The Morgan fingerprint density at radius 3 is 2.04 bits per heavy atom. The summed E-state index contributed by atoms with van der Waals surface area (Å²) in [5, 5.41) is 5.06. The Bertz CT molecular complexity index is 539. The van der Waals surface area contributed by atoms with Gasteiger partial charge in [-0.25, -0.2) is 0 Å². The van der Waals surface area contributed by atoms with Crippen LogP contribution in [0.4, 0.5) is 0 Å². The molecule has 1 rings (SSSR count). The Balaban J connectivity index is 0.00000484. The van der Waals surface area contributed by atoms with E-state index in [-0.39, 0.29) is 43.9 Å². The highest BCUT2D eigenvalue weighted by Crippen LogP contribution is 2.34. The fourth-order valence-electron chi connectivity index (χ4n) is 1.74. The van der Waals surface area contributed by atoms with E-state index in [2.05, 4.69) is 10.6 Å². The number of halogens is 1. The van der Waals surface area contributed by atoms with Gasteiger partial charge in [-0.1, -0.05) is 0 Å². The monoisotopic (exact) mass is 347 g/mol. The van der Waals surface area contributed by atoms with Crippen molar-refractivity contribution in [3.8, 4) is 17.2 Å². The highest BCUT2D eigenvalue weighted by Gasteiger charge is 2.12. The van der Waals surface area contributed by atoms with Crippen molar-refractivity contribution in [2.75, 3.05) is 34.4 Å². The Kier molecular flexibility index (Phi) is 9.52. The predicted octanol–water partition coefficient (Wildman–Crippen LogP) is -0.175. The maximum Gasteiger partial charge on any atom is 0.239 e. The summed E-state index contributed by atoms with van der Waals surface area (Å²) >= 11 is 0. The summed E-state index contributed by atoms with van der Waals surface area (Å²) < 4.78 is 15.7. The molecule has 0 unspecified atom stereocenters. The van der Waals surface area contributed by atoms with Crippen LogP contribution in [0, 0.1) is 0 Å². The van der Waals surface area contributed by atoms with Crippen LogP contribution in [-0.4, -0.2) is 46.2 Å². The van der Waals surface area contributed by atoms with Crippen molar-refractivity contribution in [2.24, 2.45) is 5.73 Å². The molecule has 1 aromatic carbocycles. The molecule has 0 atom stereocenters. The number of rotatable bonds is 8. The number of amides is 2. The van der Waals surface area contributed by atoms with Gasteiger partial charge in [0.05, 0.1) is 34.4 Å². The maximum atomic E-state index is 11.7. The van der Waals surface area contributed by atoms with Gasteiger partial charge in [-0.3, -0.25) is 9.59 Å². The zero-order valence-electron chi connectivity index (χ0n) is 13.3. The molecule has 0 spiro atoms. The maximum absolute atomic E-state index is 11.7. The van der Waals surface area contributed by atoms with Gasteiger partial charge in [0.1, 0.15) is 5.75 Å². The summed E-state index contributed by atoms with van der Waals surface area (Å²) in [6.45, 7) is -0.0662. The first kappa shape index (κ1) is 20.8. The number of methoxy groups -OCH3 is 3. The molecule has 0 fully saturated rings. The predicted molar refractivity (Wildman–Crippen MR) is 87.3 cm³/mol. The molecule has 23 heavy (non-hydrogen) atoms. The van der Waals surface area contributed by atoms with Crippen LogP contribution in [0.5, 0.6) is 17.2 Å². The van der Waals surface area contributed by atoms with Crippen molar-refractivity contribution in [3.63, 3.8) is 0 Å². The van der Waals surface area contributed by atoms with Crippen LogP contribution in [0.15, 0.2) is 12.1 Å². The highest BCUT2D eigenvalue weighted by molar-refractivity contribution is 5.85. The summed E-state index contributed by atoms with van der Waals surface area (Å²) in [6.07, 6.45) is 0. The summed E-state index contributed by atoms with van der Waals surface area (Å²) in [4.78, 5) is 22.6. The molecule has 0 saturated carbocycles. The van der Waals surface area contributed by atoms with E-state index < -0.39 is 0 Å². The van der Waals surface area contributed by atoms with Crippen molar-refractivity contribution in [2.45, 2.75) is 6.54 Å². The fourth-order valence-corrected chi connectivity index (χ4v) is 1.74. The van der Waals surface area contributed by atoms with Gasteiger partial charge in [0, 0.05) is 18.2 Å². The molecule has 0 saturated heterocycles. The third kappa shape index (κ3) is 6.21. The number of nitrogens with one attached hydrogen (secondary N) is 2. The lowest BCUT2D eigenvalue weighted by Crippen LogP contribution is -2.39. The quantitative estimate of drug-likeness (QED) is 0.601. The summed E-state index contributed by atoms with van der Waals surface area (Å²) in [7, 11) is 4.57. The van der Waals surface area contributed by atoms with Gasteiger partial charge in [-0.05, 0) is 6.07 Å². The number of carbonyl (C=O) groups excluding carboxylic acids is 2. The van der Waals surface area contributed by atoms with Crippen molar-refractivity contribution in [1.29, 1.82) is 0 Å². The summed E-state index contributed by atoms with van der Waals surface area (Å²) in [6, 6.07) is 3.40. The number of carbonyl (C=O) groups is 2. The zero-order valence-corrected chi connectivity index (χ0v) is 14.1. The van der Waals surface area contributed by atoms with Crippen molar-refractivity contribution in [1.82, 2.24) is 10.6 Å². The molecular weight excluding hydrogens is 326 g/mol. The van der Waals surface area contributed by atoms with E-state index in [1.54, 1.807) is 12.1 Å². The second-order valence-electron chi connectivity index (χ2n) is 4.28. The molecule has 9 heteroatoms. The molecule has 1 aromatic rings. The van der Waals surface area contributed by atoms with E-state index in [1.165, 1.54) is 21.3 Å². The largest absolute Gasteiger partial charge is 0.496 e. The van der Waals surface area contributed by atoms with Crippen molar-refractivity contribution >= 4 is 24.2 Å². The molecule has 0 heterocycles. The first-order chi connectivity index (χ1) is 10.5. The van der Waals surface area contributed by atoms with Crippen LogP contribution in [0.1, 0.15) is 5.56 Å². The lowest BCUT2D eigenvalue weighted by atomic mass is 10.1. The van der Waals surface area contributed by atoms with E-state index in [9.17, 15) is 9.59 Å². The van der Waals surface area contributed by atoms with Gasteiger partial charge < -0.3 is 30.6 Å². The second kappa shape index (κ2) is 10.5. The highest BCUT2D eigenvalue weighted by atomic mass is 35.5. The minimum Gasteiger partial charge on any atom is -0.496 e. The van der Waals surface area contributed by atoms with Crippen molar-refractivity contribution in [3.05, 3.63) is 17.7 Å². The summed E-state index contributed by atoms with van der Waals surface area (Å²) in [5.41, 5.74) is 5.86. The molecule has 0 aliphatic carbocycles. The van der Waals surface area contributed by atoms with E-state index in [0.717, 1.165) is 5.56 Å². The molecule has 0 aliphatic rings. The van der Waals surface area contributed by atoms with E-state index in [0.29, 0.717) is 17.2 Å². The second-order valence-corrected chi connectivity index (χ2v) is 4.28. The number of benzene rings is 1. The third-order valence-electron chi connectivity index (χ3n) is 2.89. The number of hydrogen-bond donors (Lipinski definition) is 3. The molecule has 0 radical (unpaired) electrons. The van der Waals surface area contributed by atoms with Gasteiger partial charge in [0.25, 0.3) is 0 Å². The molecule has 8 nitrogen and oxygen atoms in total. The van der Waals surface area contributed by atoms with E-state index in [1.807, 2.05) is 0 Å².